The van der Waals surface area contributed by atoms with Gasteiger partial charge in [-0.1, -0.05) is 11.6 Å². The summed E-state index contributed by atoms with van der Waals surface area (Å²) in [4.78, 5) is 21.1. The minimum Gasteiger partial charge on any atom is -0.368 e. The van der Waals surface area contributed by atoms with Gasteiger partial charge in [-0.15, -0.1) is 0 Å². The first-order chi connectivity index (χ1) is 8.41. The van der Waals surface area contributed by atoms with E-state index in [9.17, 15) is 4.79 Å². The van der Waals surface area contributed by atoms with Gasteiger partial charge in [0.2, 0.25) is 0 Å². The molecule has 0 bridgehead atoms. The van der Waals surface area contributed by atoms with Crippen molar-refractivity contribution >= 4 is 23.4 Å². The quantitative estimate of drug-likeness (QED) is 0.642. The third kappa shape index (κ3) is 4.03. The van der Waals surface area contributed by atoms with Gasteiger partial charge in [-0.2, -0.15) is 0 Å². The third-order valence-corrected chi connectivity index (χ3v) is 2.67. The molecule has 0 aliphatic heterocycles. The number of hydrogen-bond donors (Lipinski definition) is 2. The van der Waals surface area contributed by atoms with Crippen LogP contribution < -0.4 is 10.6 Å². The van der Waals surface area contributed by atoms with Gasteiger partial charge in [-0.25, -0.2) is 14.8 Å². The van der Waals surface area contributed by atoms with E-state index in [4.69, 9.17) is 11.6 Å². The molecular weight excluding hydrogens is 254 g/mol. The van der Waals surface area contributed by atoms with Crippen LogP contribution in [0.4, 0.5) is 10.6 Å². The predicted octanol–water partition coefficient (Wildman–Crippen LogP) is 1.43. The molecule has 0 unspecified atom stereocenters. The number of nitrogens with one attached hydrogen (secondary N) is 2. The molecule has 1 heterocycles. The van der Waals surface area contributed by atoms with E-state index < -0.39 is 0 Å². The van der Waals surface area contributed by atoms with Crippen molar-refractivity contribution in [2.45, 2.75) is 13.8 Å². The van der Waals surface area contributed by atoms with E-state index in [0.29, 0.717) is 29.9 Å². The Bertz CT molecular complexity index is 436. The summed E-state index contributed by atoms with van der Waals surface area (Å²) in [7, 11) is 3.39. The van der Waals surface area contributed by atoms with Gasteiger partial charge in [0.25, 0.3) is 0 Å². The zero-order chi connectivity index (χ0) is 13.7. The number of aromatic nitrogens is 2. The van der Waals surface area contributed by atoms with E-state index in [2.05, 4.69) is 20.6 Å². The van der Waals surface area contributed by atoms with E-state index in [1.54, 1.807) is 21.0 Å². The predicted molar refractivity (Wildman–Crippen MR) is 72.1 cm³/mol. The Morgan fingerprint density at radius 2 is 1.94 bits per heavy atom. The lowest BCUT2D eigenvalue weighted by atomic mass is 10.3. The molecule has 0 fully saturated rings. The van der Waals surface area contributed by atoms with Gasteiger partial charge in [0, 0.05) is 32.7 Å². The van der Waals surface area contributed by atoms with Crippen LogP contribution in [-0.2, 0) is 0 Å². The molecule has 0 atom stereocenters. The second-order valence-corrected chi connectivity index (χ2v) is 4.45. The number of nitrogens with zero attached hydrogens (tertiary/aromatic N) is 3. The largest absolute Gasteiger partial charge is 0.368 e. The van der Waals surface area contributed by atoms with E-state index >= 15 is 0 Å². The molecule has 0 spiro atoms. The van der Waals surface area contributed by atoms with Crippen molar-refractivity contribution < 1.29 is 4.79 Å². The number of amides is 2. The van der Waals surface area contributed by atoms with Crippen LogP contribution in [0.5, 0.6) is 0 Å². The van der Waals surface area contributed by atoms with Crippen LogP contribution in [-0.4, -0.2) is 48.1 Å². The summed E-state index contributed by atoms with van der Waals surface area (Å²) < 4.78 is 0. The highest BCUT2D eigenvalue weighted by molar-refractivity contribution is 6.30. The van der Waals surface area contributed by atoms with E-state index in [1.165, 1.54) is 4.90 Å². The van der Waals surface area contributed by atoms with Gasteiger partial charge < -0.3 is 15.5 Å². The van der Waals surface area contributed by atoms with E-state index in [-0.39, 0.29) is 6.03 Å². The number of anilines is 1. The molecule has 1 aromatic rings. The molecule has 0 saturated carbocycles. The highest BCUT2D eigenvalue weighted by atomic mass is 35.5. The third-order valence-electron chi connectivity index (χ3n) is 2.30. The van der Waals surface area contributed by atoms with Crippen LogP contribution in [0, 0.1) is 13.8 Å². The van der Waals surface area contributed by atoms with Crippen LogP contribution in [0.1, 0.15) is 11.4 Å². The molecule has 100 valence electrons. The highest BCUT2D eigenvalue weighted by Crippen LogP contribution is 2.18. The van der Waals surface area contributed by atoms with Crippen molar-refractivity contribution in [1.82, 2.24) is 20.2 Å². The minimum atomic E-state index is -0.120. The maximum Gasteiger partial charge on any atom is 0.316 e. The monoisotopic (exact) mass is 271 g/mol. The summed E-state index contributed by atoms with van der Waals surface area (Å²) in [6.07, 6.45) is 0. The number of halogens is 1. The fourth-order valence-corrected chi connectivity index (χ4v) is 1.49. The summed E-state index contributed by atoms with van der Waals surface area (Å²) in [5.41, 5.74) is 0.807. The van der Waals surface area contributed by atoms with Gasteiger partial charge in [0.05, 0.1) is 0 Å². The molecule has 0 saturated heterocycles. The van der Waals surface area contributed by atoms with Crippen LogP contribution >= 0.6 is 11.6 Å². The highest BCUT2D eigenvalue weighted by Gasteiger charge is 2.07. The molecule has 7 heteroatoms. The summed E-state index contributed by atoms with van der Waals surface area (Å²) in [6, 6.07) is -0.120. The molecule has 18 heavy (non-hydrogen) atoms. The summed E-state index contributed by atoms with van der Waals surface area (Å²) in [5, 5.41) is 6.32. The zero-order valence-electron chi connectivity index (χ0n) is 11.0. The Morgan fingerprint density at radius 3 is 2.56 bits per heavy atom. The molecule has 0 aliphatic carbocycles. The van der Waals surface area contributed by atoms with E-state index in [1.807, 2.05) is 6.92 Å². The molecular formula is C11H18ClN5O. The fraction of sp³-hybridized carbons (Fsp3) is 0.545. The van der Waals surface area contributed by atoms with Crippen LogP contribution in [0.2, 0.25) is 5.15 Å². The topological polar surface area (TPSA) is 70.2 Å². The molecule has 1 aromatic heterocycles. The Kier molecular flexibility index (Phi) is 5.15. The van der Waals surface area contributed by atoms with Crippen molar-refractivity contribution in [3.05, 3.63) is 16.5 Å². The summed E-state index contributed by atoms with van der Waals surface area (Å²) in [5.74, 6) is 1.32. The van der Waals surface area contributed by atoms with Crippen LogP contribution in [0.25, 0.3) is 0 Å². The minimum absolute atomic E-state index is 0.120. The van der Waals surface area contributed by atoms with Crippen molar-refractivity contribution in [3.63, 3.8) is 0 Å². The molecule has 2 amide bonds. The maximum absolute atomic E-state index is 11.3. The summed E-state index contributed by atoms with van der Waals surface area (Å²) in [6.45, 7) is 4.72. The molecule has 1 rings (SSSR count). The smallest absolute Gasteiger partial charge is 0.316 e. The first-order valence-corrected chi connectivity index (χ1v) is 5.99. The average Bonchev–Trinajstić information content (AvgIpc) is 2.29. The molecule has 0 aliphatic rings. The standard InChI is InChI=1S/C11H18ClN5O/c1-7-9(12)15-8(2)16-10(7)13-5-6-14-11(18)17(3)4/h5-6H2,1-4H3,(H,14,18)(H,13,15,16). The van der Waals surface area contributed by atoms with Crippen molar-refractivity contribution in [1.29, 1.82) is 0 Å². The van der Waals surface area contributed by atoms with Crippen molar-refractivity contribution in [3.8, 4) is 0 Å². The maximum atomic E-state index is 11.3. The number of urea groups is 1. The number of aryl methyl sites for hydroxylation is 1. The zero-order valence-corrected chi connectivity index (χ0v) is 11.8. The van der Waals surface area contributed by atoms with Crippen molar-refractivity contribution in [2.75, 3.05) is 32.5 Å². The van der Waals surface area contributed by atoms with Gasteiger partial charge >= 0.3 is 6.03 Å². The number of hydrogen-bond acceptors (Lipinski definition) is 4. The normalized spacial score (nSPS) is 10.1. The first kappa shape index (κ1) is 14.5. The number of carbonyl (C=O) groups is 1. The first-order valence-electron chi connectivity index (χ1n) is 5.61. The number of carbonyl (C=O) groups excluding carboxylic acids is 1. The van der Waals surface area contributed by atoms with Crippen LogP contribution in [0.3, 0.4) is 0 Å². The Hall–Kier alpha value is -1.56. The SMILES string of the molecule is Cc1nc(Cl)c(C)c(NCCNC(=O)N(C)C)n1. The van der Waals surface area contributed by atoms with Gasteiger partial charge in [-0.3, -0.25) is 0 Å². The Morgan fingerprint density at radius 1 is 1.28 bits per heavy atom. The van der Waals surface area contributed by atoms with Crippen molar-refractivity contribution in [2.24, 2.45) is 0 Å². The average molecular weight is 272 g/mol. The lowest BCUT2D eigenvalue weighted by Crippen LogP contribution is -2.37. The van der Waals surface area contributed by atoms with Gasteiger partial charge in [-0.05, 0) is 13.8 Å². The second-order valence-electron chi connectivity index (χ2n) is 4.09. The number of rotatable bonds is 4. The Balaban J connectivity index is 2.47. The molecule has 0 radical (unpaired) electrons. The van der Waals surface area contributed by atoms with E-state index in [0.717, 1.165) is 5.56 Å². The molecule has 2 N–H and O–H groups in total. The van der Waals surface area contributed by atoms with Gasteiger partial charge in [0.15, 0.2) is 0 Å². The van der Waals surface area contributed by atoms with Crippen LogP contribution in [0.15, 0.2) is 0 Å². The Labute approximate surface area is 112 Å². The lowest BCUT2D eigenvalue weighted by Gasteiger charge is -2.13. The molecule has 6 nitrogen and oxygen atoms in total. The summed E-state index contributed by atoms with van der Waals surface area (Å²) >= 11 is 5.96. The lowest BCUT2D eigenvalue weighted by molar-refractivity contribution is 0.218. The molecule has 0 aromatic carbocycles. The second kappa shape index (κ2) is 6.39. The fourth-order valence-electron chi connectivity index (χ4n) is 1.27. The van der Waals surface area contributed by atoms with Gasteiger partial charge in [0.1, 0.15) is 16.8 Å².